The molecular weight excluding hydrogens is 147 g/mol. The molecule has 0 fully saturated rings. The van der Waals surface area contributed by atoms with Crippen LogP contribution < -0.4 is 24.0 Å². The molecule has 0 rings (SSSR count). The van der Waals surface area contributed by atoms with Gasteiger partial charge in [0.25, 0.3) is 0 Å². The van der Waals surface area contributed by atoms with E-state index in [4.69, 9.17) is 5.11 Å². The van der Waals surface area contributed by atoms with Crippen LogP contribution in [0.3, 0.4) is 0 Å². The van der Waals surface area contributed by atoms with Gasteiger partial charge in [-0.25, -0.2) is 0 Å². The predicted molar refractivity (Wildman–Crippen MR) is 26.9 cm³/mol. The Kier molecular flexibility index (Phi) is 6.95. The summed E-state index contributed by atoms with van der Waals surface area (Å²) in [6.45, 7) is 0. The fourth-order valence-electron chi connectivity index (χ4n) is 0.323. The van der Waals surface area contributed by atoms with Gasteiger partial charge in [0.2, 0.25) is 0 Å². The van der Waals surface area contributed by atoms with Crippen molar-refractivity contribution in [2.24, 2.45) is 0 Å². The topological polar surface area (TPSA) is 94.5 Å². The minimum atomic E-state index is -1.83. The van der Waals surface area contributed by atoms with Gasteiger partial charge in [0.1, 0.15) is 5.97 Å². The second-order valence-corrected chi connectivity index (χ2v) is 1.60. The van der Waals surface area contributed by atoms with Crippen LogP contribution in [-0.4, -0.2) is 22.8 Å². The number of carbonyl (C=O) groups is 3. The van der Waals surface area contributed by atoms with E-state index >= 15 is 0 Å². The number of rotatable bonds is 4. The molecule has 0 aliphatic heterocycles. The Bertz CT molecular complexity index is 176. The second kappa shape index (κ2) is 5.95. The average Bonchev–Trinajstić information content (AvgIpc) is 1.82. The molecule has 0 saturated heterocycles. The molecule has 0 heterocycles. The molecule has 0 aromatic rings. The summed E-state index contributed by atoms with van der Waals surface area (Å²) in [5.41, 5.74) is 0. The monoisotopic (exact) mass is 152 g/mol. The maximum atomic E-state index is 10.1. The van der Waals surface area contributed by atoms with Crippen molar-refractivity contribution in [3.63, 3.8) is 0 Å². The molecule has 11 heavy (non-hydrogen) atoms. The zero-order valence-electron chi connectivity index (χ0n) is 5.99. The first-order chi connectivity index (χ1) is 4.54. The van der Waals surface area contributed by atoms with Crippen LogP contribution in [0.25, 0.3) is 0 Å². The first-order valence-corrected chi connectivity index (χ1v) is 2.50. The SMILES string of the molecule is O=C(O)CCC(=O)C(=O)[O-].[Li+]. The molecule has 56 valence electrons. The molecule has 0 aromatic heterocycles. The molecule has 0 atom stereocenters. The summed E-state index contributed by atoms with van der Waals surface area (Å²) in [7, 11) is 0. The first kappa shape index (κ1) is 12.8. The van der Waals surface area contributed by atoms with E-state index < -0.39 is 30.6 Å². The molecule has 0 bridgehead atoms. The number of carbonyl (C=O) groups excluding carboxylic acids is 2. The Morgan fingerprint density at radius 2 is 1.64 bits per heavy atom. The summed E-state index contributed by atoms with van der Waals surface area (Å²) in [5, 5.41) is 17.6. The van der Waals surface area contributed by atoms with Crippen LogP contribution in [0.5, 0.6) is 0 Å². The van der Waals surface area contributed by atoms with Gasteiger partial charge in [-0.2, -0.15) is 0 Å². The molecule has 0 spiro atoms. The third-order valence-electron chi connectivity index (χ3n) is 0.794. The summed E-state index contributed by atoms with van der Waals surface area (Å²) in [4.78, 5) is 29.5. The number of Topliss-reactive ketones (excluding diaryl/α,β-unsaturated/α-hetero) is 1. The average molecular weight is 152 g/mol. The van der Waals surface area contributed by atoms with Gasteiger partial charge in [0, 0.05) is 6.42 Å². The molecule has 1 N–H and O–H groups in total. The van der Waals surface area contributed by atoms with Crippen LogP contribution in [0.1, 0.15) is 12.8 Å². The van der Waals surface area contributed by atoms with E-state index in [2.05, 4.69) is 0 Å². The molecule has 0 aliphatic rings. The van der Waals surface area contributed by atoms with Gasteiger partial charge in [-0.15, -0.1) is 0 Å². The van der Waals surface area contributed by atoms with Gasteiger partial charge < -0.3 is 15.0 Å². The molecule has 0 aliphatic carbocycles. The van der Waals surface area contributed by atoms with Crippen molar-refractivity contribution in [2.45, 2.75) is 12.8 Å². The third kappa shape index (κ3) is 7.10. The fraction of sp³-hybridized carbons (Fsp3) is 0.400. The molecule has 6 heteroatoms. The molecule has 0 amide bonds. The van der Waals surface area contributed by atoms with Crippen LogP contribution in [0.4, 0.5) is 0 Å². The van der Waals surface area contributed by atoms with Crippen molar-refractivity contribution in [3.8, 4) is 0 Å². The summed E-state index contributed by atoms with van der Waals surface area (Å²) in [5.74, 6) is -4.21. The summed E-state index contributed by atoms with van der Waals surface area (Å²) in [6.07, 6.45) is -0.968. The standard InChI is InChI=1S/C5H6O5.Li/c6-3(5(9)10)1-2-4(7)8;/h1-2H2,(H,7,8)(H,9,10);/q;+1/p-1. The van der Waals surface area contributed by atoms with E-state index in [1.54, 1.807) is 0 Å². The zero-order chi connectivity index (χ0) is 8.15. The number of aliphatic carboxylic acids is 2. The van der Waals surface area contributed by atoms with Gasteiger partial charge in [-0.1, -0.05) is 0 Å². The van der Waals surface area contributed by atoms with Crippen molar-refractivity contribution >= 4 is 17.7 Å². The van der Waals surface area contributed by atoms with Crippen LogP contribution in [0, 0.1) is 0 Å². The molecule has 5 nitrogen and oxygen atoms in total. The van der Waals surface area contributed by atoms with E-state index in [1.165, 1.54) is 0 Å². The van der Waals surface area contributed by atoms with Crippen LogP contribution in [0.2, 0.25) is 0 Å². The van der Waals surface area contributed by atoms with Gasteiger partial charge >= 0.3 is 24.8 Å². The van der Waals surface area contributed by atoms with Crippen LogP contribution in [-0.2, 0) is 14.4 Å². The summed E-state index contributed by atoms with van der Waals surface area (Å²) in [6, 6.07) is 0. The Hall–Kier alpha value is -0.793. The van der Waals surface area contributed by atoms with Crippen molar-refractivity contribution in [2.75, 3.05) is 0 Å². The number of hydrogen-bond donors (Lipinski definition) is 1. The van der Waals surface area contributed by atoms with Crippen LogP contribution >= 0.6 is 0 Å². The summed E-state index contributed by atoms with van der Waals surface area (Å²) >= 11 is 0. The maximum Gasteiger partial charge on any atom is 1.00 e. The van der Waals surface area contributed by atoms with E-state index in [0.29, 0.717) is 0 Å². The predicted octanol–water partition coefficient (Wildman–Crippen LogP) is -4.83. The zero-order valence-corrected chi connectivity index (χ0v) is 5.99. The number of carboxylic acid groups (broad SMARTS) is 2. The van der Waals surface area contributed by atoms with Crippen molar-refractivity contribution < 1.29 is 43.5 Å². The summed E-state index contributed by atoms with van der Waals surface area (Å²) < 4.78 is 0. The Morgan fingerprint density at radius 3 is 1.91 bits per heavy atom. The number of hydrogen-bond acceptors (Lipinski definition) is 4. The van der Waals surface area contributed by atoms with Crippen molar-refractivity contribution in [3.05, 3.63) is 0 Å². The molecule has 0 radical (unpaired) electrons. The van der Waals surface area contributed by atoms with Crippen molar-refractivity contribution in [1.82, 2.24) is 0 Å². The molecule has 0 saturated carbocycles. The largest absolute Gasteiger partial charge is 1.00 e. The number of carboxylic acids is 2. The van der Waals surface area contributed by atoms with Gasteiger partial charge in [0.15, 0.2) is 5.78 Å². The molecule has 0 unspecified atom stereocenters. The quantitative estimate of drug-likeness (QED) is 0.322. The van der Waals surface area contributed by atoms with E-state index in [-0.39, 0.29) is 18.9 Å². The second-order valence-electron chi connectivity index (χ2n) is 1.60. The third-order valence-corrected chi connectivity index (χ3v) is 0.794. The molecular formula is C5H5LiO5. The minimum Gasteiger partial charge on any atom is -0.542 e. The molecule has 0 aromatic carbocycles. The fourth-order valence-corrected chi connectivity index (χ4v) is 0.323. The van der Waals surface area contributed by atoms with Gasteiger partial charge in [-0.05, 0) is 0 Å². The maximum absolute atomic E-state index is 10.1. The first-order valence-electron chi connectivity index (χ1n) is 2.50. The van der Waals surface area contributed by atoms with E-state index in [1.807, 2.05) is 0 Å². The normalized spacial score (nSPS) is 8.00. The smallest absolute Gasteiger partial charge is 0.542 e. The minimum absolute atomic E-state index is 0. The Balaban J connectivity index is 0. The van der Waals surface area contributed by atoms with E-state index in [9.17, 15) is 19.5 Å². The van der Waals surface area contributed by atoms with Gasteiger partial charge in [-0.3, -0.25) is 9.59 Å². The van der Waals surface area contributed by atoms with Crippen LogP contribution in [0.15, 0.2) is 0 Å². The number of ketones is 1. The van der Waals surface area contributed by atoms with E-state index in [0.717, 1.165) is 0 Å². The Morgan fingerprint density at radius 1 is 1.18 bits per heavy atom. The van der Waals surface area contributed by atoms with Crippen molar-refractivity contribution in [1.29, 1.82) is 0 Å². The van der Waals surface area contributed by atoms with Gasteiger partial charge in [0.05, 0.1) is 6.42 Å². The Labute approximate surface area is 74.6 Å².